The minimum absolute atomic E-state index is 0.0421. The van der Waals surface area contributed by atoms with Crippen LogP contribution in [0.4, 0.5) is 5.69 Å². The van der Waals surface area contributed by atoms with Gasteiger partial charge in [-0.05, 0) is 57.5 Å². The molecule has 2 aromatic carbocycles. The van der Waals surface area contributed by atoms with Crippen molar-refractivity contribution in [3.63, 3.8) is 0 Å². The number of carbonyl (C=O) groups excluding carboxylic acids is 1. The van der Waals surface area contributed by atoms with Gasteiger partial charge in [0.15, 0.2) is 0 Å². The van der Waals surface area contributed by atoms with Gasteiger partial charge in [0, 0.05) is 11.1 Å². The molecule has 1 amide bonds. The van der Waals surface area contributed by atoms with E-state index in [1.165, 1.54) is 5.56 Å². The molecule has 2 N–H and O–H groups in total. The molecule has 0 aliphatic carbocycles. The Hall–Kier alpha value is -2.63. The van der Waals surface area contributed by atoms with Crippen LogP contribution in [0, 0.1) is 20.8 Å². The first-order chi connectivity index (χ1) is 13.3. The van der Waals surface area contributed by atoms with Crippen molar-refractivity contribution in [1.82, 2.24) is 15.1 Å². The Balaban J connectivity index is 1.65. The Morgan fingerprint density at radius 3 is 2.36 bits per heavy atom. The maximum Gasteiger partial charge on any atom is 0.238 e. The lowest BCUT2D eigenvalue weighted by Crippen LogP contribution is -2.30. The highest BCUT2D eigenvalue weighted by atomic mass is 35.5. The molecule has 0 unspecified atom stereocenters. The first-order valence-electron chi connectivity index (χ1n) is 9.27. The summed E-state index contributed by atoms with van der Waals surface area (Å²) in [6, 6.07) is 15.8. The van der Waals surface area contributed by atoms with E-state index in [1.807, 2.05) is 74.0 Å². The highest BCUT2D eigenvalue weighted by Gasteiger charge is 2.16. The molecule has 28 heavy (non-hydrogen) atoms. The van der Waals surface area contributed by atoms with Crippen LogP contribution < -0.4 is 10.6 Å². The number of nitrogens with zero attached hydrogens (tertiary/aromatic N) is 2. The van der Waals surface area contributed by atoms with Gasteiger partial charge < -0.3 is 10.6 Å². The van der Waals surface area contributed by atoms with Crippen LogP contribution in [0.2, 0.25) is 5.02 Å². The van der Waals surface area contributed by atoms with Gasteiger partial charge in [0.25, 0.3) is 0 Å². The Morgan fingerprint density at radius 2 is 1.71 bits per heavy atom. The average molecular weight is 397 g/mol. The third kappa shape index (κ3) is 4.61. The predicted molar refractivity (Wildman–Crippen MR) is 114 cm³/mol. The van der Waals surface area contributed by atoms with Gasteiger partial charge in [0.05, 0.1) is 29.3 Å². The molecule has 3 rings (SSSR count). The van der Waals surface area contributed by atoms with Crippen molar-refractivity contribution >= 4 is 23.2 Å². The molecule has 0 fully saturated rings. The zero-order chi connectivity index (χ0) is 20.3. The maximum atomic E-state index is 12.5. The Morgan fingerprint density at radius 1 is 1.07 bits per heavy atom. The minimum atomic E-state index is -0.101. The van der Waals surface area contributed by atoms with E-state index in [1.54, 1.807) is 0 Å². The lowest BCUT2D eigenvalue weighted by Gasteiger charge is -2.14. The monoisotopic (exact) mass is 396 g/mol. The standard InChI is InChI=1S/C22H25ClN4O/c1-14-5-11-20(12-6-14)27-17(4)22(16(3)26-27)25-21(28)13-24-15(2)18-7-9-19(23)10-8-18/h5-12,15,24H,13H2,1-4H3,(H,25,28)/t15-/m0/s1. The zero-order valence-corrected chi connectivity index (χ0v) is 17.3. The van der Waals surface area contributed by atoms with Crippen molar-refractivity contribution in [3.8, 4) is 5.69 Å². The first kappa shape index (κ1) is 20.1. The highest BCUT2D eigenvalue weighted by Crippen LogP contribution is 2.23. The van der Waals surface area contributed by atoms with Gasteiger partial charge in [-0.3, -0.25) is 4.79 Å². The molecule has 0 saturated carbocycles. The zero-order valence-electron chi connectivity index (χ0n) is 16.6. The average Bonchev–Trinajstić information content (AvgIpc) is 2.95. The van der Waals surface area contributed by atoms with Crippen molar-refractivity contribution in [2.45, 2.75) is 33.7 Å². The predicted octanol–water partition coefficient (Wildman–Crippen LogP) is 4.74. The SMILES string of the molecule is Cc1ccc(-n2nc(C)c(NC(=O)CN[C@@H](C)c3ccc(Cl)cc3)c2C)cc1. The van der Waals surface area contributed by atoms with E-state index in [0.717, 1.165) is 28.3 Å². The minimum Gasteiger partial charge on any atom is -0.322 e. The van der Waals surface area contributed by atoms with Gasteiger partial charge in [-0.25, -0.2) is 4.68 Å². The number of hydrogen-bond acceptors (Lipinski definition) is 3. The van der Waals surface area contributed by atoms with Crippen molar-refractivity contribution < 1.29 is 4.79 Å². The van der Waals surface area contributed by atoms with Crippen molar-refractivity contribution in [3.05, 3.63) is 76.1 Å². The second-order valence-corrected chi connectivity index (χ2v) is 7.43. The van der Waals surface area contributed by atoms with Crippen LogP contribution in [0.5, 0.6) is 0 Å². The number of hydrogen-bond donors (Lipinski definition) is 2. The van der Waals surface area contributed by atoms with Crippen molar-refractivity contribution in [2.75, 3.05) is 11.9 Å². The van der Waals surface area contributed by atoms with Gasteiger partial charge in [-0.2, -0.15) is 5.10 Å². The second-order valence-electron chi connectivity index (χ2n) is 7.00. The van der Waals surface area contributed by atoms with Gasteiger partial charge in [-0.1, -0.05) is 41.4 Å². The molecular weight excluding hydrogens is 372 g/mol. The number of anilines is 1. The lowest BCUT2D eigenvalue weighted by atomic mass is 10.1. The smallest absolute Gasteiger partial charge is 0.238 e. The maximum absolute atomic E-state index is 12.5. The third-order valence-corrected chi connectivity index (χ3v) is 5.03. The number of aromatic nitrogens is 2. The van der Waals surface area contributed by atoms with E-state index in [4.69, 9.17) is 11.6 Å². The van der Waals surface area contributed by atoms with E-state index in [9.17, 15) is 4.79 Å². The molecule has 0 saturated heterocycles. The number of amides is 1. The molecule has 1 aromatic heterocycles. The van der Waals surface area contributed by atoms with Crippen molar-refractivity contribution in [2.24, 2.45) is 0 Å². The Labute approximate surface area is 170 Å². The molecule has 1 heterocycles. The van der Waals surface area contributed by atoms with Crippen LogP contribution in [-0.2, 0) is 4.79 Å². The molecule has 5 nitrogen and oxygen atoms in total. The molecule has 6 heteroatoms. The number of benzene rings is 2. The van der Waals surface area contributed by atoms with E-state index in [0.29, 0.717) is 5.02 Å². The van der Waals surface area contributed by atoms with Crippen LogP contribution in [0.1, 0.15) is 35.5 Å². The van der Waals surface area contributed by atoms with Crippen LogP contribution >= 0.6 is 11.6 Å². The van der Waals surface area contributed by atoms with Crippen molar-refractivity contribution in [1.29, 1.82) is 0 Å². The van der Waals surface area contributed by atoms with Crippen LogP contribution in [0.3, 0.4) is 0 Å². The summed E-state index contributed by atoms with van der Waals surface area (Å²) in [7, 11) is 0. The molecule has 3 aromatic rings. The van der Waals surface area contributed by atoms with Crippen LogP contribution in [-0.4, -0.2) is 22.2 Å². The first-order valence-corrected chi connectivity index (χ1v) is 9.65. The van der Waals surface area contributed by atoms with E-state index >= 15 is 0 Å². The van der Waals surface area contributed by atoms with E-state index in [-0.39, 0.29) is 18.5 Å². The summed E-state index contributed by atoms with van der Waals surface area (Å²) in [5.41, 5.74) is 5.70. The number of carbonyl (C=O) groups is 1. The van der Waals surface area contributed by atoms with E-state index < -0.39 is 0 Å². The summed E-state index contributed by atoms with van der Waals surface area (Å²) in [5.74, 6) is -0.101. The molecule has 146 valence electrons. The fourth-order valence-corrected chi connectivity index (χ4v) is 3.19. The Kier molecular flexibility index (Phi) is 6.17. The topological polar surface area (TPSA) is 59.0 Å². The number of aryl methyl sites for hydroxylation is 2. The fraction of sp³-hybridized carbons (Fsp3) is 0.273. The molecule has 0 bridgehead atoms. The summed E-state index contributed by atoms with van der Waals surface area (Å²) < 4.78 is 1.86. The Bertz CT molecular complexity index is 961. The number of nitrogens with one attached hydrogen (secondary N) is 2. The summed E-state index contributed by atoms with van der Waals surface area (Å²) in [5, 5.41) is 11.5. The summed E-state index contributed by atoms with van der Waals surface area (Å²) >= 11 is 5.93. The molecular formula is C22H25ClN4O. The summed E-state index contributed by atoms with van der Waals surface area (Å²) in [4.78, 5) is 12.5. The second kappa shape index (κ2) is 8.59. The lowest BCUT2D eigenvalue weighted by molar-refractivity contribution is -0.115. The normalized spacial score (nSPS) is 12.0. The van der Waals surface area contributed by atoms with Crippen LogP contribution in [0.25, 0.3) is 5.69 Å². The summed E-state index contributed by atoms with van der Waals surface area (Å²) in [6.45, 7) is 8.13. The molecule has 0 radical (unpaired) electrons. The van der Waals surface area contributed by atoms with Gasteiger partial charge in [0.2, 0.25) is 5.91 Å². The van der Waals surface area contributed by atoms with E-state index in [2.05, 4.69) is 22.7 Å². The van der Waals surface area contributed by atoms with Gasteiger partial charge >= 0.3 is 0 Å². The largest absolute Gasteiger partial charge is 0.322 e. The molecule has 0 aliphatic rings. The highest BCUT2D eigenvalue weighted by molar-refractivity contribution is 6.30. The fourth-order valence-electron chi connectivity index (χ4n) is 3.06. The third-order valence-electron chi connectivity index (χ3n) is 4.77. The number of rotatable bonds is 6. The van der Waals surface area contributed by atoms with Crippen LogP contribution in [0.15, 0.2) is 48.5 Å². The quantitative estimate of drug-likeness (QED) is 0.632. The molecule has 0 spiro atoms. The van der Waals surface area contributed by atoms with Gasteiger partial charge in [0.1, 0.15) is 0 Å². The van der Waals surface area contributed by atoms with Gasteiger partial charge in [-0.15, -0.1) is 0 Å². The summed E-state index contributed by atoms with van der Waals surface area (Å²) in [6.07, 6.45) is 0. The molecule has 1 atom stereocenters. The number of halogens is 1. The molecule has 0 aliphatic heterocycles.